The summed E-state index contributed by atoms with van der Waals surface area (Å²) in [6, 6.07) is 0. The zero-order chi connectivity index (χ0) is 30.4. The quantitative estimate of drug-likeness (QED) is 0.0803. The van der Waals surface area contributed by atoms with Crippen molar-refractivity contribution >= 4 is 5.97 Å². The Bertz CT molecular complexity index is 519. The van der Waals surface area contributed by atoms with Crippen LogP contribution in [-0.2, 0) is 56.9 Å². The number of hydrogen-bond donors (Lipinski definition) is 1. The monoisotopic (exact) mass is 613 g/mol. The van der Waals surface area contributed by atoms with Gasteiger partial charge in [0, 0.05) is 20.1 Å². The predicted octanol–water partition coefficient (Wildman–Crippen LogP) is 1.50. The van der Waals surface area contributed by atoms with Crippen LogP contribution in [0.3, 0.4) is 0 Å². The van der Waals surface area contributed by atoms with E-state index in [-0.39, 0.29) is 5.97 Å². The number of hydrogen-bond acceptors (Lipinski definition) is 13. The molecule has 0 aromatic carbocycles. The van der Waals surface area contributed by atoms with E-state index in [1.54, 1.807) is 7.11 Å². The SMILES string of the molecule is COCCOCCOCCOCCOCCOCCOCCOCCOCCOCCCNCCCCCC(=O)OC. The van der Waals surface area contributed by atoms with Crippen LogP contribution in [0.2, 0.25) is 0 Å². The lowest BCUT2D eigenvalue weighted by atomic mass is 10.2. The van der Waals surface area contributed by atoms with Crippen molar-refractivity contribution in [3.8, 4) is 0 Å². The van der Waals surface area contributed by atoms with E-state index >= 15 is 0 Å². The molecule has 0 aliphatic carbocycles. The largest absolute Gasteiger partial charge is 0.469 e. The van der Waals surface area contributed by atoms with E-state index in [0.29, 0.717) is 132 Å². The maximum atomic E-state index is 11.0. The Morgan fingerprint density at radius 2 is 0.738 bits per heavy atom. The number of esters is 1. The molecule has 0 aliphatic rings. The van der Waals surface area contributed by atoms with Gasteiger partial charge in [-0.25, -0.2) is 0 Å². The number of carbonyl (C=O) groups is 1. The molecular weight excluding hydrogens is 554 g/mol. The molecule has 0 saturated heterocycles. The summed E-state index contributed by atoms with van der Waals surface area (Å²) < 4.78 is 58.6. The maximum Gasteiger partial charge on any atom is 0.305 e. The van der Waals surface area contributed by atoms with Crippen LogP contribution in [-0.4, -0.2) is 159 Å². The fourth-order valence-electron chi connectivity index (χ4n) is 3.23. The fourth-order valence-corrected chi connectivity index (χ4v) is 3.23. The third-order valence-electron chi connectivity index (χ3n) is 5.51. The normalized spacial score (nSPS) is 11.4. The molecule has 0 amide bonds. The van der Waals surface area contributed by atoms with Crippen molar-refractivity contribution in [3.63, 3.8) is 0 Å². The molecule has 42 heavy (non-hydrogen) atoms. The molecule has 0 rings (SSSR count). The third kappa shape index (κ3) is 37.1. The molecule has 0 atom stereocenters. The summed E-state index contributed by atoms with van der Waals surface area (Å²) >= 11 is 0. The highest BCUT2D eigenvalue weighted by Gasteiger charge is 1.99. The molecule has 0 aromatic heterocycles. The Balaban J connectivity index is 3.04. The highest BCUT2D eigenvalue weighted by Crippen LogP contribution is 2.00. The molecule has 0 aliphatic heterocycles. The van der Waals surface area contributed by atoms with E-state index in [9.17, 15) is 4.79 Å². The Hall–Kier alpha value is -0.970. The number of rotatable bonds is 37. The minimum absolute atomic E-state index is 0.132. The predicted molar refractivity (Wildman–Crippen MR) is 157 cm³/mol. The van der Waals surface area contributed by atoms with E-state index in [4.69, 9.17) is 47.4 Å². The second-order valence-corrected chi connectivity index (χ2v) is 8.99. The summed E-state index contributed by atoms with van der Waals surface area (Å²) in [7, 11) is 3.07. The van der Waals surface area contributed by atoms with E-state index in [1.807, 2.05) is 0 Å². The van der Waals surface area contributed by atoms with Gasteiger partial charge >= 0.3 is 5.97 Å². The van der Waals surface area contributed by atoms with Gasteiger partial charge < -0.3 is 57.4 Å². The molecule has 0 bridgehead atoms. The van der Waals surface area contributed by atoms with Gasteiger partial charge in [-0.3, -0.25) is 4.79 Å². The molecule has 252 valence electrons. The van der Waals surface area contributed by atoms with Crippen molar-refractivity contribution in [2.75, 3.05) is 153 Å². The molecule has 0 spiro atoms. The smallest absolute Gasteiger partial charge is 0.305 e. The van der Waals surface area contributed by atoms with Gasteiger partial charge in [0.1, 0.15) is 0 Å². The Morgan fingerprint density at radius 3 is 1.10 bits per heavy atom. The molecule has 1 N–H and O–H groups in total. The Kier molecular flexibility index (Phi) is 37.2. The average molecular weight is 614 g/mol. The van der Waals surface area contributed by atoms with E-state index in [2.05, 4.69) is 10.1 Å². The van der Waals surface area contributed by atoms with Crippen LogP contribution >= 0.6 is 0 Å². The molecular formula is C29H59NO12. The van der Waals surface area contributed by atoms with E-state index in [1.165, 1.54) is 7.11 Å². The third-order valence-corrected chi connectivity index (χ3v) is 5.51. The summed E-state index contributed by atoms with van der Waals surface area (Å²) in [5.74, 6) is -0.132. The van der Waals surface area contributed by atoms with E-state index in [0.717, 1.165) is 38.8 Å². The van der Waals surface area contributed by atoms with Crippen molar-refractivity contribution in [1.29, 1.82) is 0 Å². The molecule has 0 fully saturated rings. The molecule has 0 radical (unpaired) electrons. The summed E-state index contributed by atoms with van der Waals surface area (Å²) in [4.78, 5) is 11.0. The van der Waals surface area contributed by atoms with Crippen molar-refractivity contribution < 1.29 is 56.9 Å². The summed E-state index contributed by atoms with van der Waals surface area (Å²) in [5.41, 5.74) is 0. The second-order valence-electron chi connectivity index (χ2n) is 8.99. The number of methoxy groups -OCH3 is 2. The number of ether oxygens (including phenoxy) is 11. The summed E-state index contributed by atoms with van der Waals surface area (Å²) in [5, 5.41) is 3.38. The first-order chi connectivity index (χ1) is 20.8. The zero-order valence-corrected chi connectivity index (χ0v) is 26.3. The number of unbranched alkanes of at least 4 members (excludes halogenated alkanes) is 2. The van der Waals surface area contributed by atoms with Crippen LogP contribution in [0.15, 0.2) is 0 Å². The van der Waals surface area contributed by atoms with Gasteiger partial charge in [0.2, 0.25) is 0 Å². The molecule has 13 nitrogen and oxygen atoms in total. The average Bonchev–Trinajstić information content (AvgIpc) is 3.00. The van der Waals surface area contributed by atoms with Gasteiger partial charge in [0.25, 0.3) is 0 Å². The Labute approximate surface area is 253 Å². The van der Waals surface area contributed by atoms with Crippen molar-refractivity contribution in [3.05, 3.63) is 0 Å². The van der Waals surface area contributed by atoms with Crippen LogP contribution < -0.4 is 5.32 Å². The van der Waals surface area contributed by atoms with Crippen LogP contribution in [0.5, 0.6) is 0 Å². The summed E-state index contributed by atoms with van der Waals surface area (Å²) in [6.07, 6.45) is 4.44. The highest BCUT2D eigenvalue weighted by atomic mass is 16.6. The van der Waals surface area contributed by atoms with Gasteiger partial charge in [0.05, 0.1) is 126 Å². The first-order valence-corrected chi connectivity index (χ1v) is 15.3. The van der Waals surface area contributed by atoms with Gasteiger partial charge in [-0.05, 0) is 32.4 Å². The van der Waals surface area contributed by atoms with Crippen molar-refractivity contribution in [1.82, 2.24) is 5.32 Å². The molecule has 0 unspecified atom stereocenters. The summed E-state index contributed by atoms with van der Waals surface area (Å²) in [6.45, 7) is 12.3. The topological polar surface area (TPSA) is 131 Å². The Morgan fingerprint density at radius 1 is 0.405 bits per heavy atom. The minimum Gasteiger partial charge on any atom is -0.469 e. The van der Waals surface area contributed by atoms with Crippen LogP contribution in [0.25, 0.3) is 0 Å². The minimum atomic E-state index is -0.132. The van der Waals surface area contributed by atoms with E-state index < -0.39 is 0 Å². The van der Waals surface area contributed by atoms with Gasteiger partial charge in [-0.2, -0.15) is 0 Å². The van der Waals surface area contributed by atoms with Crippen LogP contribution in [0, 0.1) is 0 Å². The standard InChI is InChI=1S/C29H59NO12/c1-32-11-12-35-15-16-37-19-20-39-23-24-41-27-28-42-26-25-40-22-21-38-18-17-36-14-13-34-10-6-9-30-8-5-3-4-7-29(31)33-2/h30H,3-28H2,1-2H3. The first kappa shape index (κ1) is 41.0. The van der Waals surface area contributed by atoms with Crippen molar-refractivity contribution in [2.24, 2.45) is 0 Å². The lowest BCUT2D eigenvalue weighted by Gasteiger charge is -2.09. The van der Waals surface area contributed by atoms with Gasteiger partial charge in [-0.1, -0.05) is 6.42 Å². The maximum absolute atomic E-state index is 11.0. The molecule has 0 saturated carbocycles. The first-order valence-electron chi connectivity index (χ1n) is 15.3. The van der Waals surface area contributed by atoms with Crippen LogP contribution in [0.1, 0.15) is 32.1 Å². The fraction of sp³-hybridized carbons (Fsp3) is 0.966. The number of nitrogens with one attached hydrogen (secondary N) is 1. The lowest BCUT2D eigenvalue weighted by molar-refractivity contribution is -0.140. The van der Waals surface area contributed by atoms with Crippen molar-refractivity contribution in [2.45, 2.75) is 32.1 Å². The second kappa shape index (κ2) is 38.1. The number of carbonyl (C=O) groups excluding carboxylic acids is 1. The van der Waals surface area contributed by atoms with Gasteiger partial charge in [0.15, 0.2) is 0 Å². The highest BCUT2D eigenvalue weighted by molar-refractivity contribution is 5.68. The van der Waals surface area contributed by atoms with Crippen LogP contribution in [0.4, 0.5) is 0 Å². The lowest BCUT2D eigenvalue weighted by Crippen LogP contribution is -2.19. The zero-order valence-electron chi connectivity index (χ0n) is 26.3. The molecule has 0 aromatic rings. The molecule has 13 heteroatoms. The molecule has 0 heterocycles. The van der Waals surface area contributed by atoms with Gasteiger partial charge in [-0.15, -0.1) is 0 Å².